The van der Waals surface area contributed by atoms with E-state index in [-0.39, 0.29) is 11.4 Å². The minimum Gasteiger partial charge on any atom is -0.492 e. The Morgan fingerprint density at radius 1 is 0.795 bits per heavy atom. The van der Waals surface area contributed by atoms with Gasteiger partial charge in [0.05, 0.1) is 0 Å². The van der Waals surface area contributed by atoms with Gasteiger partial charge in [0.2, 0.25) is 0 Å². The van der Waals surface area contributed by atoms with Crippen LogP contribution in [0.4, 0.5) is 0 Å². The second-order valence-electron chi connectivity index (χ2n) is 11.7. The van der Waals surface area contributed by atoms with Crippen LogP contribution in [-0.4, -0.2) is 42.5 Å². The number of hydrogen-bond donors (Lipinski definition) is 0. The SMILES string of the molecule is CC(C)(C)Oc1ccc(C2=C(C(=O)c3ccc(OCCN4CCCCCC4)cc3)c3ccccc3CC2)cc1. The molecule has 5 rings (SSSR count). The molecule has 0 amide bonds. The number of ketones is 1. The third kappa shape index (κ3) is 6.99. The molecule has 0 aromatic heterocycles. The Hall–Kier alpha value is -3.37. The summed E-state index contributed by atoms with van der Waals surface area (Å²) >= 11 is 0. The Morgan fingerprint density at radius 3 is 2.15 bits per heavy atom. The Kier molecular flexibility index (Phi) is 8.52. The molecular formula is C35H41NO3. The maximum Gasteiger partial charge on any atom is 0.193 e. The first-order chi connectivity index (χ1) is 18.9. The standard InChI is InChI=1S/C35H41NO3/c1-35(2,3)39-30-19-12-27(13-20-30)32-21-16-26-10-6-7-11-31(26)33(32)34(37)28-14-17-29(18-15-28)38-25-24-36-22-8-4-5-9-23-36/h6-7,10-15,17-20H,4-5,8-9,16,21-25H2,1-3H3. The molecular weight excluding hydrogens is 482 g/mol. The van der Waals surface area contributed by atoms with Crippen molar-refractivity contribution < 1.29 is 14.3 Å². The molecule has 4 nitrogen and oxygen atoms in total. The lowest BCUT2D eigenvalue weighted by Gasteiger charge is -2.24. The fourth-order valence-electron chi connectivity index (χ4n) is 5.65. The van der Waals surface area contributed by atoms with E-state index in [1.54, 1.807) is 0 Å². The van der Waals surface area contributed by atoms with Crippen LogP contribution in [0.25, 0.3) is 11.1 Å². The molecule has 1 aliphatic carbocycles. The summed E-state index contributed by atoms with van der Waals surface area (Å²) in [6.07, 6.45) is 7.00. The summed E-state index contributed by atoms with van der Waals surface area (Å²) in [4.78, 5) is 16.5. The first kappa shape index (κ1) is 27.2. The summed E-state index contributed by atoms with van der Waals surface area (Å²) in [5.41, 5.74) is 5.67. The molecule has 0 spiro atoms. The minimum absolute atomic E-state index is 0.0586. The summed E-state index contributed by atoms with van der Waals surface area (Å²) in [7, 11) is 0. The van der Waals surface area contributed by atoms with Gasteiger partial charge in [-0.25, -0.2) is 0 Å². The van der Waals surface area contributed by atoms with Crippen molar-refractivity contribution in [3.05, 3.63) is 95.1 Å². The molecule has 0 saturated carbocycles. The average molecular weight is 524 g/mol. The van der Waals surface area contributed by atoms with Crippen LogP contribution >= 0.6 is 0 Å². The van der Waals surface area contributed by atoms with E-state index in [0.717, 1.165) is 53.2 Å². The maximum absolute atomic E-state index is 14.0. The van der Waals surface area contributed by atoms with Gasteiger partial charge in [0.25, 0.3) is 0 Å². The zero-order valence-corrected chi connectivity index (χ0v) is 23.7. The summed E-state index contributed by atoms with van der Waals surface area (Å²) in [5.74, 6) is 1.71. The van der Waals surface area contributed by atoms with Gasteiger partial charge in [0.15, 0.2) is 5.78 Å². The van der Waals surface area contributed by atoms with Crippen LogP contribution in [0.1, 0.15) is 79.9 Å². The van der Waals surface area contributed by atoms with Crippen LogP contribution in [0.15, 0.2) is 72.8 Å². The fraction of sp³-hybridized carbons (Fsp3) is 0.400. The van der Waals surface area contributed by atoms with Crippen molar-refractivity contribution in [3.63, 3.8) is 0 Å². The van der Waals surface area contributed by atoms with Gasteiger partial charge in [0, 0.05) is 17.7 Å². The van der Waals surface area contributed by atoms with Gasteiger partial charge in [-0.2, -0.15) is 0 Å². The first-order valence-electron chi connectivity index (χ1n) is 14.5. The number of carbonyl (C=O) groups is 1. The molecule has 204 valence electrons. The van der Waals surface area contributed by atoms with E-state index in [4.69, 9.17) is 9.47 Å². The van der Waals surface area contributed by atoms with Crippen molar-refractivity contribution in [1.82, 2.24) is 4.90 Å². The molecule has 0 atom stereocenters. The van der Waals surface area contributed by atoms with Crippen molar-refractivity contribution in [2.45, 2.75) is 64.9 Å². The van der Waals surface area contributed by atoms with Gasteiger partial charge in [-0.1, -0.05) is 49.2 Å². The van der Waals surface area contributed by atoms with Crippen LogP contribution in [0.2, 0.25) is 0 Å². The molecule has 0 radical (unpaired) electrons. The quantitative estimate of drug-likeness (QED) is 0.282. The Bertz CT molecular complexity index is 1290. The van der Waals surface area contributed by atoms with Crippen molar-refractivity contribution in [1.29, 1.82) is 0 Å². The molecule has 4 heteroatoms. The lowest BCUT2D eigenvalue weighted by atomic mass is 9.79. The van der Waals surface area contributed by atoms with Crippen molar-refractivity contribution >= 4 is 16.9 Å². The van der Waals surface area contributed by atoms with Gasteiger partial charge in [0.1, 0.15) is 23.7 Å². The van der Waals surface area contributed by atoms with E-state index < -0.39 is 0 Å². The number of carbonyl (C=O) groups excluding carboxylic acids is 1. The van der Waals surface area contributed by atoms with Crippen molar-refractivity contribution in [2.24, 2.45) is 0 Å². The second kappa shape index (κ2) is 12.2. The smallest absolute Gasteiger partial charge is 0.193 e. The monoisotopic (exact) mass is 523 g/mol. The molecule has 0 unspecified atom stereocenters. The number of ether oxygens (including phenoxy) is 2. The molecule has 1 aliphatic heterocycles. The number of hydrogen-bond acceptors (Lipinski definition) is 4. The van der Waals surface area contributed by atoms with E-state index in [2.05, 4.69) is 35.2 Å². The molecule has 2 aliphatic rings. The van der Waals surface area contributed by atoms with E-state index >= 15 is 0 Å². The number of likely N-dealkylation sites (tertiary alicyclic amines) is 1. The Balaban J connectivity index is 1.36. The summed E-state index contributed by atoms with van der Waals surface area (Å²) in [6, 6.07) is 24.2. The number of rotatable bonds is 8. The normalized spacial score (nSPS) is 16.4. The van der Waals surface area contributed by atoms with Crippen LogP contribution in [-0.2, 0) is 6.42 Å². The number of fused-ring (bicyclic) bond motifs is 1. The fourth-order valence-corrected chi connectivity index (χ4v) is 5.65. The molecule has 0 bridgehead atoms. The van der Waals surface area contributed by atoms with Gasteiger partial charge < -0.3 is 9.47 Å². The highest BCUT2D eigenvalue weighted by Crippen LogP contribution is 2.39. The first-order valence-corrected chi connectivity index (χ1v) is 14.5. The molecule has 1 saturated heterocycles. The zero-order chi connectivity index (χ0) is 27.2. The third-order valence-electron chi connectivity index (χ3n) is 7.58. The van der Waals surface area contributed by atoms with Crippen LogP contribution in [0.3, 0.4) is 0 Å². The van der Waals surface area contributed by atoms with Gasteiger partial charge >= 0.3 is 0 Å². The molecule has 39 heavy (non-hydrogen) atoms. The van der Waals surface area contributed by atoms with Crippen LogP contribution in [0.5, 0.6) is 11.5 Å². The number of benzene rings is 3. The number of allylic oxidation sites excluding steroid dienone is 2. The maximum atomic E-state index is 14.0. The average Bonchev–Trinajstić information content (AvgIpc) is 3.21. The third-order valence-corrected chi connectivity index (χ3v) is 7.58. The molecule has 1 fully saturated rings. The van der Waals surface area contributed by atoms with E-state index in [1.807, 2.05) is 63.2 Å². The number of Topliss-reactive ketones (excluding diaryl/α,β-unsaturated/α-hetero) is 1. The number of aryl methyl sites for hydroxylation is 1. The highest BCUT2D eigenvalue weighted by molar-refractivity contribution is 6.35. The van der Waals surface area contributed by atoms with E-state index in [1.165, 1.54) is 44.3 Å². The Labute approximate surface area is 233 Å². The highest BCUT2D eigenvalue weighted by Gasteiger charge is 2.26. The largest absolute Gasteiger partial charge is 0.492 e. The number of nitrogens with zero attached hydrogens (tertiary/aromatic N) is 1. The second-order valence-corrected chi connectivity index (χ2v) is 11.7. The van der Waals surface area contributed by atoms with E-state index in [0.29, 0.717) is 12.2 Å². The highest BCUT2D eigenvalue weighted by atomic mass is 16.5. The minimum atomic E-state index is -0.255. The lowest BCUT2D eigenvalue weighted by Crippen LogP contribution is -2.29. The van der Waals surface area contributed by atoms with E-state index in [9.17, 15) is 4.79 Å². The van der Waals surface area contributed by atoms with Gasteiger partial charge in [-0.05, 0) is 118 Å². The van der Waals surface area contributed by atoms with Crippen LogP contribution in [0, 0.1) is 0 Å². The topological polar surface area (TPSA) is 38.8 Å². The van der Waals surface area contributed by atoms with Crippen molar-refractivity contribution in [3.8, 4) is 11.5 Å². The Morgan fingerprint density at radius 2 is 1.46 bits per heavy atom. The molecule has 1 heterocycles. The summed E-state index contributed by atoms with van der Waals surface area (Å²) < 4.78 is 12.1. The van der Waals surface area contributed by atoms with Gasteiger partial charge in [-0.15, -0.1) is 0 Å². The predicted octanol–water partition coefficient (Wildman–Crippen LogP) is 7.86. The predicted molar refractivity (Wildman–Crippen MR) is 160 cm³/mol. The summed E-state index contributed by atoms with van der Waals surface area (Å²) in [5, 5.41) is 0. The molecule has 3 aromatic carbocycles. The molecule has 0 N–H and O–H groups in total. The van der Waals surface area contributed by atoms with Crippen molar-refractivity contribution in [2.75, 3.05) is 26.2 Å². The van der Waals surface area contributed by atoms with Gasteiger partial charge in [-0.3, -0.25) is 9.69 Å². The zero-order valence-electron chi connectivity index (χ0n) is 23.7. The summed E-state index contributed by atoms with van der Waals surface area (Å²) in [6.45, 7) is 10.1. The van der Waals surface area contributed by atoms with Crippen LogP contribution < -0.4 is 9.47 Å². The lowest BCUT2D eigenvalue weighted by molar-refractivity contribution is 0.105. The molecule has 3 aromatic rings.